The molecule has 0 amide bonds. The van der Waals surface area contributed by atoms with Crippen LogP contribution in [0.25, 0.3) is 0 Å². The van der Waals surface area contributed by atoms with E-state index < -0.39 is 6.10 Å². The zero-order valence-corrected chi connectivity index (χ0v) is 11.0. The number of aliphatic hydroxyl groups excluding tert-OH is 1. The summed E-state index contributed by atoms with van der Waals surface area (Å²) in [5.74, 6) is -0.301. The van der Waals surface area contributed by atoms with Crippen LogP contribution in [0.5, 0.6) is 0 Å². The molecule has 100 valence electrons. The molecule has 0 bridgehead atoms. The maximum atomic E-state index is 11.2. The molecule has 0 aromatic rings. The number of nitrogens with zero attached hydrogens (tertiary/aromatic N) is 1. The van der Waals surface area contributed by atoms with Crippen LogP contribution in [0.3, 0.4) is 0 Å². The number of carbonyl (C=O) groups is 1. The summed E-state index contributed by atoms with van der Waals surface area (Å²) >= 11 is 0. The van der Waals surface area contributed by atoms with Gasteiger partial charge in [-0.1, -0.05) is 13.3 Å². The van der Waals surface area contributed by atoms with Crippen molar-refractivity contribution < 1.29 is 14.6 Å². The highest BCUT2D eigenvalue weighted by atomic mass is 16.5. The van der Waals surface area contributed by atoms with E-state index in [1.54, 1.807) is 6.92 Å². The Labute approximate surface area is 104 Å². The number of aliphatic hydroxyl groups is 1. The summed E-state index contributed by atoms with van der Waals surface area (Å²) in [6, 6.07) is 0.570. The van der Waals surface area contributed by atoms with Crippen molar-refractivity contribution in [2.24, 2.45) is 0 Å². The van der Waals surface area contributed by atoms with Gasteiger partial charge in [-0.3, -0.25) is 9.69 Å². The number of hydrogen-bond acceptors (Lipinski definition) is 4. The number of esters is 1. The van der Waals surface area contributed by atoms with E-state index in [4.69, 9.17) is 4.74 Å². The van der Waals surface area contributed by atoms with Crippen LogP contribution in [-0.4, -0.2) is 47.8 Å². The van der Waals surface area contributed by atoms with Gasteiger partial charge >= 0.3 is 5.97 Å². The first-order valence-electron chi connectivity index (χ1n) is 6.75. The Bertz CT molecular complexity index is 233. The average molecular weight is 243 g/mol. The maximum Gasteiger partial charge on any atom is 0.308 e. The van der Waals surface area contributed by atoms with E-state index in [1.165, 1.54) is 19.3 Å². The first-order chi connectivity index (χ1) is 8.17. The summed E-state index contributed by atoms with van der Waals surface area (Å²) < 4.78 is 4.84. The van der Waals surface area contributed by atoms with Gasteiger partial charge < -0.3 is 9.84 Å². The van der Waals surface area contributed by atoms with E-state index in [9.17, 15) is 9.90 Å². The number of hydrogen-bond donors (Lipinski definition) is 1. The van der Waals surface area contributed by atoms with Crippen molar-refractivity contribution in [2.45, 2.75) is 58.1 Å². The molecule has 2 unspecified atom stereocenters. The van der Waals surface area contributed by atoms with Crippen LogP contribution in [0.1, 0.15) is 46.0 Å². The van der Waals surface area contributed by atoms with Gasteiger partial charge in [0, 0.05) is 12.6 Å². The number of piperidine rings is 1. The van der Waals surface area contributed by atoms with Crippen molar-refractivity contribution in [3.05, 3.63) is 0 Å². The second-order valence-electron chi connectivity index (χ2n) is 4.72. The van der Waals surface area contributed by atoms with E-state index >= 15 is 0 Å². The molecule has 0 saturated carbocycles. The van der Waals surface area contributed by atoms with Gasteiger partial charge in [-0.15, -0.1) is 0 Å². The van der Waals surface area contributed by atoms with Gasteiger partial charge in [0.1, 0.15) is 0 Å². The molecule has 4 heteroatoms. The molecule has 0 spiro atoms. The Morgan fingerprint density at radius 2 is 2.24 bits per heavy atom. The quantitative estimate of drug-likeness (QED) is 0.719. The van der Waals surface area contributed by atoms with E-state index in [2.05, 4.69) is 11.8 Å². The Balaban J connectivity index is 2.33. The van der Waals surface area contributed by atoms with Crippen molar-refractivity contribution in [3.8, 4) is 0 Å². The third-order valence-corrected chi connectivity index (χ3v) is 3.37. The molecular formula is C13H25NO3. The molecule has 0 aromatic carbocycles. The predicted molar refractivity (Wildman–Crippen MR) is 66.8 cm³/mol. The van der Waals surface area contributed by atoms with Gasteiger partial charge in [0.2, 0.25) is 0 Å². The summed E-state index contributed by atoms with van der Waals surface area (Å²) in [6.45, 7) is 5.98. The van der Waals surface area contributed by atoms with Gasteiger partial charge in [-0.25, -0.2) is 0 Å². The Kier molecular flexibility index (Phi) is 6.52. The van der Waals surface area contributed by atoms with Crippen LogP contribution in [0.15, 0.2) is 0 Å². The molecule has 1 aliphatic rings. The SMILES string of the molecule is CCOC(=O)CC(O)CN1CCCCC1CC. The molecule has 0 radical (unpaired) electrons. The lowest BCUT2D eigenvalue weighted by Crippen LogP contribution is -2.43. The minimum atomic E-state index is -0.596. The normalized spacial score (nSPS) is 23.4. The average Bonchev–Trinajstić information content (AvgIpc) is 2.29. The fourth-order valence-electron chi connectivity index (χ4n) is 2.51. The monoisotopic (exact) mass is 243 g/mol. The van der Waals surface area contributed by atoms with Crippen molar-refractivity contribution in [1.82, 2.24) is 4.90 Å². The van der Waals surface area contributed by atoms with Crippen LogP contribution in [0.4, 0.5) is 0 Å². The van der Waals surface area contributed by atoms with E-state index in [0.717, 1.165) is 13.0 Å². The van der Waals surface area contributed by atoms with Gasteiger partial charge in [0.25, 0.3) is 0 Å². The maximum absolute atomic E-state index is 11.2. The summed E-state index contributed by atoms with van der Waals surface area (Å²) in [7, 11) is 0. The molecule has 17 heavy (non-hydrogen) atoms. The third kappa shape index (κ3) is 5.04. The van der Waals surface area contributed by atoms with Crippen LogP contribution < -0.4 is 0 Å². The summed E-state index contributed by atoms with van der Waals surface area (Å²) in [5, 5.41) is 9.87. The van der Waals surface area contributed by atoms with Crippen LogP contribution in [0, 0.1) is 0 Å². The largest absolute Gasteiger partial charge is 0.466 e. The minimum Gasteiger partial charge on any atom is -0.466 e. The molecule has 0 aliphatic carbocycles. The van der Waals surface area contributed by atoms with Crippen LogP contribution in [0.2, 0.25) is 0 Å². The van der Waals surface area contributed by atoms with Gasteiger partial charge in [0.15, 0.2) is 0 Å². The second-order valence-corrected chi connectivity index (χ2v) is 4.72. The number of rotatable bonds is 6. The van der Waals surface area contributed by atoms with Gasteiger partial charge in [0.05, 0.1) is 19.1 Å². The molecule has 1 rings (SSSR count). The molecule has 1 heterocycles. The van der Waals surface area contributed by atoms with Crippen molar-refractivity contribution >= 4 is 5.97 Å². The zero-order valence-electron chi connectivity index (χ0n) is 11.0. The van der Waals surface area contributed by atoms with Crippen molar-refractivity contribution in [2.75, 3.05) is 19.7 Å². The third-order valence-electron chi connectivity index (χ3n) is 3.37. The molecule has 2 atom stereocenters. The Hall–Kier alpha value is -0.610. The lowest BCUT2D eigenvalue weighted by Gasteiger charge is -2.36. The predicted octanol–water partition coefficient (Wildman–Crippen LogP) is 1.56. The molecule has 4 nitrogen and oxygen atoms in total. The fourth-order valence-corrected chi connectivity index (χ4v) is 2.51. The Morgan fingerprint density at radius 3 is 2.88 bits per heavy atom. The molecule has 1 fully saturated rings. The topological polar surface area (TPSA) is 49.8 Å². The second kappa shape index (κ2) is 7.67. The Morgan fingerprint density at radius 1 is 1.47 bits per heavy atom. The summed E-state index contributed by atoms with van der Waals surface area (Å²) in [4.78, 5) is 13.6. The van der Waals surface area contributed by atoms with E-state index in [1.807, 2.05) is 0 Å². The first kappa shape index (κ1) is 14.5. The van der Waals surface area contributed by atoms with Gasteiger partial charge in [-0.05, 0) is 32.7 Å². The molecule has 1 N–H and O–H groups in total. The zero-order chi connectivity index (χ0) is 12.7. The number of likely N-dealkylation sites (tertiary alicyclic amines) is 1. The molecule has 0 aromatic heterocycles. The van der Waals surface area contributed by atoms with Crippen LogP contribution in [-0.2, 0) is 9.53 Å². The minimum absolute atomic E-state index is 0.112. The fraction of sp³-hybridized carbons (Fsp3) is 0.923. The number of β-amino-alcohol motifs (C(OH)–C–C–N with tert-alkyl or cyclic N) is 1. The lowest BCUT2D eigenvalue weighted by atomic mass is 9.99. The highest BCUT2D eigenvalue weighted by molar-refractivity contribution is 5.69. The summed E-state index contributed by atoms with van der Waals surface area (Å²) in [5.41, 5.74) is 0. The van der Waals surface area contributed by atoms with Crippen molar-refractivity contribution in [1.29, 1.82) is 0 Å². The highest BCUT2D eigenvalue weighted by Crippen LogP contribution is 2.19. The van der Waals surface area contributed by atoms with E-state index in [0.29, 0.717) is 19.2 Å². The number of carbonyl (C=O) groups excluding carboxylic acids is 1. The van der Waals surface area contributed by atoms with Gasteiger partial charge in [-0.2, -0.15) is 0 Å². The van der Waals surface area contributed by atoms with E-state index in [-0.39, 0.29) is 12.4 Å². The molecule has 1 saturated heterocycles. The van der Waals surface area contributed by atoms with Crippen molar-refractivity contribution in [3.63, 3.8) is 0 Å². The standard InChI is InChI=1S/C13H25NO3/c1-3-11-7-5-6-8-14(11)10-12(15)9-13(16)17-4-2/h11-12,15H,3-10H2,1-2H3. The van der Waals surface area contributed by atoms with Crippen LogP contribution >= 0.6 is 0 Å². The summed E-state index contributed by atoms with van der Waals surface area (Å²) in [6.07, 6.45) is 4.32. The smallest absolute Gasteiger partial charge is 0.308 e. The highest BCUT2D eigenvalue weighted by Gasteiger charge is 2.23. The molecule has 1 aliphatic heterocycles. The first-order valence-corrected chi connectivity index (χ1v) is 6.75. The molecular weight excluding hydrogens is 218 g/mol. The number of ether oxygens (including phenoxy) is 1. The lowest BCUT2D eigenvalue weighted by molar-refractivity contribution is -0.145.